The first-order valence-corrected chi connectivity index (χ1v) is 9.98. The highest BCUT2D eigenvalue weighted by Crippen LogP contribution is 2.45. The number of aromatic nitrogens is 3. The monoisotopic (exact) mass is 372 g/mol. The lowest BCUT2D eigenvalue weighted by Crippen LogP contribution is -2.28. The molecule has 3 heterocycles. The van der Waals surface area contributed by atoms with Gasteiger partial charge in [0.1, 0.15) is 6.54 Å². The highest BCUT2D eigenvalue weighted by Gasteiger charge is 2.18. The van der Waals surface area contributed by atoms with Gasteiger partial charge in [0, 0.05) is 23.4 Å². The molecule has 2 aromatic heterocycles. The van der Waals surface area contributed by atoms with Gasteiger partial charge in [0.05, 0.1) is 4.58 Å². The van der Waals surface area contributed by atoms with E-state index >= 15 is 0 Å². The van der Waals surface area contributed by atoms with E-state index in [0.717, 1.165) is 17.2 Å². The molecule has 25 heavy (non-hydrogen) atoms. The zero-order valence-electron chi connectivity index (χ0n) is 13.3. The first-order chi connectivity index (χ1) is 12.2. The molecule has 4 rings (SSSR count). The summed E-state index contributed by atoms with van der Waals surface area (Å²) in [4.78, 5) is 24.5. The fourth-order valence-electron chi connectivity index (χ4n) is 2.72. The number of nitrogens with one attached hydrogen (secondary N) is 1. The summed E-state index contributed by atoms with van der Waals surface area (Å²) < 4.78 is 3.03. The minimum Gasteiger partial charge on any atom is -0.324 e. The van der Waals surface area contributed by atoms with Crippen LogP contribution in [0.25, 0.3) is 5.65 Å². The topological polar surface area (TPSA) is 68.4 Å². The molecular weight excluding hydrogens is 356 g/mol. The Labute approximate surface area is 152 Å². The van der Waals surface area contributed by atoms with Crippen molar-refractivity contribution in [1.29, 1.82) is 0 Å². The van der Waals surface area contributed by atoms with Gasteiger partial charge in [0.25, 0.3) is 0 Å². The molecule has 1 aromatic carbocycles. The number of fused-ring (bicyclic) bond motifs is 1. The van der Waals surface area contributed by atoms with Crippen LogP contribution in [-0.2, 0) is 11.3 Å². The van der Waals surface area contributed by atoms with E-state index in [4.69, 9.17) is 0 Å². The molecule has 1 saturated heterocycles. The van der Waals surface area contributed by atoms with Crippen molar-refractivity contribution in [2.45, 2.75) is 11.1 Å². The van der Waals surface area contributed by atoms with E-state index in [1.165, 1.54) is 14.6 Å². The van der Waals surface area contributed by atoms with E-state index in [1.54, 1.807) is 24.4 Å². The van der Waals surface area contributed by atoms with Crippen LogP contribution in [0.5, 0.6) is 0 Å². The molecule has 128 valence electrons. The Bertz CT molecular complexity index is 976. The van der Waals surface area contributed by atoms with Crippen molar-refractivity contribution in [1.82, 2.24) is 14.2 Å². The fraction of sp³-hybridized carbons (Fsp3) is 0.235. The predicted octanol–water partition coefficient (Wildman–Crippen LogP) is 2.61. The zero-order chi connectivity index (χ0) is 17.2. The van der Waals surface area contributed by atoms with Crippen molar-refractivity contribution in [2.24, 2.45) is 0 Å². The predicted molar refractivity (Wildman–Crippen MR) is 102 cm³/mol. The number of carbonyl (C=O) groups excluding carboxylic acids is 1. The number of hydrogen-bond acceptors (Lipinski definition) is 5. The summed E-state index contributed by atoms with van der Waals surface area (Å²) >= 11 is 3.84. The first-order valence-electron chi connectivity index (χ1n) is 7.88. The second-order valence-corrected chi connectivity index (χ2v) is 8.34. The number of carbonyl (C=O) groups is 1. The summed E-state index contributed by atoms with van der Waals surface area (Å²) in [6.45, 7) is -0.113. The van der Waals surface area contributed by atoms with Gasteiger partial charge in [-0.15, -0.1) is 28.6 Å². The molecule has 0 aliphatic carbocycles. The maximum Gasteiger partial charge on any atom is 0.350 e. The maximum absolute atomic E-state index is 12.3. The zero-order valence-corrected chi connectivity index (χ0v) is 14.9. The molecule has 6 nitrogen and oxygen atoms in total. The fourth-order valence-corrected chi connectivity index (χ4v) is 5.56. The van der Waals surface area contributed by atoms with Crippen molar-refractivity contribution in [3.63, 3.8) is 0 Å². The number of amides is 1. The molecule has 1 aliphatic heterocycles. The van der Waals surface area contributed by atoms with Crippen LogP contribution in [0, 0.1) is 0 Å². The summed E-state index contributed by atoms with van der Waals surface area (Å²) in [5, 5.41) is 7.03. The highest BCUT2D eigenvalue weighted by molar-refractivity contribution is 8.19. The quantitative estimate of drug-likeness (QED) is 0.762. The standard InChI is InChI=1S/C17H16N4O2S2/c22-15(11-21-17(23)20-7-2-1-6-14(20)19-21)18-13-5-3-4-12(10-13)16-24-8-9-25-16/h1-7,10,16H,8-9,11H2,(H,18,22). The van der Waals surface area contributed by atoms with E-state index in [2.05, 4.69) is 16.5 Å². The Morgan fingerprint density at radius 3 is 2.84 bits per heavy atom. The molecule has 0 radical (unpaired) electrons. The van der Waals surface area contributed by atoms with Crippen LogP contribution in [0.3, 0.4) is 0 Å². The Morgan fingerprint density at radius 2 is 2.04 bits per heavy atom. The van der Waals surface area contributed by atoms with Gasteiger partial charge < -0.3 is 5.32 Å². The van der Waals surface area contributed by atoms with Crippen LogP contribution in [0.15, 0.2) is 53.5 Å². The lowest BCUT2D eigenvalue weighted by atomic mass is 10.2. The van der Waals surface area contributed by atoms with Crippen molar-refractivity contribution in [2.75, 3.05) is 16.8 Å². The third-order valence-corrected chi connectivity index (χ3v) is 6.95. The first kappa shape index (κ1) is 16.3. The van der Waals surface area contributed by atoms with Gasteiger partial charge in [-0.3, -0.25) is 9.20 Å². The van der Waals surface area contributed by atoms with Gasteiger partial charge in [-0.2, -0.15) is 0 Å². The summed E-state index contributed by atoms with van der Waals surface area (Å²) in [5.74, 6) is 2.04. The Kier molecular flexibility index (Phi) is 4.54. The van der Waals surface area contributed by atoms with Crippen molar-refractivity contribution in [3.05, 3.63) is 64.7 Å². The molecular formula is C17H16N4O2S2. The second kappa shape index (κ2) is 6.97. The normalized spacial score (nSPS) is 14.9. The number of thioether (sulfide) groups is 2. The summed E-state index contributed by atoms with van der Waals surface area (Å²) in [6, 6.07) is 13.2. The minimum absolute atomic E-state index is 0.113. The van der Waals surface area contributed by atoms with Crippen molar-refractivity contribution in [3.8, 4) is 0 Å². The van der Waals surface area contributed by atoms with Gasteiger partial charge >= 0.3 is 5.69 Å². The van der Waals surface area contributed by atoms with E-state index in [0.29, 0.717) is 10.2 Å². The lowest BCUT2D eigenvalue weighted by Gasteiger charge is -2.11. The smallest absolute Gasteiger partial charge is 0.324 e. The average molecular weight is 372 g/mol. The van der Waals surface area contributed by atoms with Gasteiger partial charge in [-0.1, -0.05) is 18.2 Å². The average Bonchev–Trinajstić information content (AvgIpc) is 3.25. The Balaban J connectivity index is 1.49. The molecule has 0 unspecified atom stereocenters. The molecule has 0 spiro atoms. The van der Waals surface area contributed by atoms with E-state index in [9.17, 15) is 9.59 Å². The second-order valence-electron chi connectivity index (χ2n) is 5.62. The number of pyridine rings is 1. The number of rotatable bonds is 4. The van der Waals surface area contributed by atoms with Gasteiger partial charge in [-0.25, -0.2) is 9.48 Å². The van der Waals surface area contributed by atoms with E-state index in [-0.39, 0.29) is 18.1 Å². The SMILES string of the molecule is O=C(Cn1nc2ccccn2c1=O)Nc1cccc(C2SCCS2)c1. The van der Waals surface area contributed by atoms with Crippen molar-refractivity contribution >= 4 is 40.8 Å². The minimum atomic E-state index is -0.321. The molecule has 1 amide bonds. The van der Waals surface area contributed by atoms with E-state index < -0.39 is 0 Å². The number of nitrogens with zero attached hydrogens (tertiary/aromatic N) is 3. The number of hydrogen-bond donors (Lipinski definition) is 1. The van der Waals surface area contributed by atoms with Crippen LogP contribution in [0.1, 0.15) is 10.1 Å². The van der Waals surface area contributed by atoms with Crippen LogP contribution in [0.2, 0.25) is 0 Å². The number of benzene rings is 1. The Morgan fingerprint density at radius 1 is 1.20 bits per heavy atom. The summed E-state index contributed by atoms with van der Waals surface area (Å²) in [6.07, 6.45) is 1.64. The van der Waals surface area contributed by atoms with Gasteiger partial charge in [0.2, 0.25) is 5.91 Å². The van der Waals surface area contributed by atoms with Crippen LogP contribution < -0.4 is 11.0 Å². The lowest BCUT2D eigenvalue weighted by molar-refractivity contribution is -0.117. The molecule has 1 fully saturated rings. The van der Waals surface area contributed by atoms with Crippen molar-refractivity contribution < 1.29 is 4.79 Å². The molecule has 8 heteroatoms. The molecule has 0 saturated carbocycles. The molecule has 0 atom stereocenters. The van der Waals surface area contributed by atoms with Crippen LogP contribution in [-0.4, -0.2) is 31.6 Å². The molecule has 0 bridgehead atoms. The van der Waals surface area contributed by atoms with Crippen LogP contribution in [0.4, 0.5) is 5.69 Å². The highest BCUT2D eigenvalue weighted by atomic mass is 32.2. The summed E-state index contributed by atoms with van der Waals surface area (Å²) in [7, 11) is 0. The summed E-state index contributed by atoms with van der Waals surface area (Å²) in [5.41, 5.74) is 2.15. The molecule has 1 N–H and O–H groups in total. The third kappa shape index (κ3) is 3.45. The number of anilines is 1. The van der Waals surface area contributed by atoms with Gasteiger partial charge in [0.15, 0.2) is 5.65 Å². The maximum atomic E-state index is 12.3. The molecule has 1 aliphatic rings. The van der Waals surface area contributed by atoms with E-state index in [1.807, 2.05) is 41.7 Å². The molecule has 3 aromatic rings. The van der Waals surface area contributed by atoms with Crippen LogP contribution >= 0.6 is 23.5 Å². The Hall–Kier alpha value is -2.19. The largest absolute Gasteiger partial charge is 0.350 e. The third-order valence-electron chi connectivity index (χ3n) is 3.85. The van der Waals surface area contributed by atoms with Gasteiger partial charge in [-0.05, 0) is 29.8 Å².